The zero-order chi connectivity index (χ0) is 6.69. The fourth-order valence-electron chi connectivity index (χ4n) is 0.602. The maximum atomic E-state index is 10.4. The van der Waals surface area contributed by atoms with Crippen LogP contribution < -0.4 is 5.73 Å². The van der Waals surface area contributed by atoms with E-state index in [0.29, 0.717) is 5.56 Å². The summed E-state index contributed by atoms with van der Waals surface area (Å²) in [6.07, 6.45) is 0. The van der Waals surface area contributed by atoms with Crippen LogP contribution in [0, 0.1) is 0 Å². The van der Waals surface area contributed by atoms with Crippen LogP contribution in [-0.4, -0.2) is 5.91 Å². The molecule has 2 nitrogen and oxygen atoms in total. The van der Waals surface area contributed by atoms with Gasteiger partial charge in [0.2, 0.25) is 5.91 Å². The lowest BCUT2D eigenvalue weighted by Crippen LogP contribution is -2.09. The maximum Gasteiger partial charge on any atom is 0.248 e. The van der Waals surface area contributed by atoms with Gasteiger partial charge in [-0.1, -0.05) is 18.2 Å². The van der Waals surface area contributed by atoms with Gasteiger partial charge in [-0.2, -0.15) is 0 Å². The summed E-state index contributed by atoms with van der Waals surface area (Å²) in [5, 5.41) is 0. The van der Waals surface area contributed by atoms with Crippen molar-refractivity contribution in [1.82, 2.24) is 0 Å². The molecule has 0 aliphatic heterocycles. The molecule has 0 bridgehead atoms. The van der Waals surface area contributed by atoms with Crippen LogP contribution >= 0.6 is 24.0 Å². The fraction of sp³-hybridized carbons (Fsp3) is 0. The molecule has 0 spiro atoms. The summed E-state index contributed by atoms with van der Waals surface area (Å²) < 4.78 is 0. The Hall–Kier alpha value is -0.580. The number of nitrogens with two attached hydrogens (primary N) is 1. The van der Waals surface area contributed by atoms with E-state index in [9.17, 15) is 4.79 Å². The van der Waals surface area contributed by atoms with E-state index in [1.807, 2.05) is 6.07 Å². The molecular weight excluding hydrogens is 241 g/mol. The third-order valence-corrected chi connectivity index (χ3v) is 1.06. The van der Waals surface area contributed by atoms with E-state index in [2.05, 4.69) is 0 Å². The normalized spacial score (nSPS) is 8.00. The SMILES string of the molecule is I.NC(=O)c1ccccc1. The van der Waals surface area contributed by atoms with Gasteiger partial charge in [-0.3, -0.25) is 4.79 Å². The third kappa shape index (κ3) is 2.34. The molecule has 1 aromatic rings. The van der Waals surface area contributed by atoms with Crippen molar-refractivity contribution in [3.05, 3.63) is 35.9 Å². The highest BCUT2D eigenvalue weighted by molar-refractivity contribution is 14.0. The molecule has 0 heterocycles. The maximum absolute atomic E-state index is 10.4. The van der Waals surface area contributed by atoms with Crippen molar-refractivity contribution in [1.29, 1.82) is 0 Å². The number of hydrogen-bond acceptors (Lipinski definition) is 1. The lowest BCUT2D eigenvalue weighted by molar-refractivity contribution is 0.100. The number of rotatable bonds is 1. The summed E-state index contributed by atoms with van der Waals surface area (Å²) >= 11 is 0. The van der Waals surface area contributed by atoms with Crippen molar-refractivity contribution in [3.63, 3.8) is 0 Å². The van der Waals surface area contributed by atoms with Gasteiger partial charge in [-0.15, -0.1) is 24.0 Å². The highest BCUT2D eigenvalue weighted by atomic mass is 127. The van der Waals surface area contributed by atoms with Crippen LogP contribution in [0.3, 0.4) is 0 Å². The van der Waals surface area contributed by atoms with E-state index in [1.165, 1.54) is 0 Å². The second kappa shape index (κ2) is 4.27. The van der Waals surface area contributed by atoms with Gasteiger partial charge in [0.05, 0.1) is 0 Å². The zero-order valence-corrected chi connectivity index (χ0v) is 7.61. The van der Waals surface area contributed by atoms with Gasteiger partial charge in [0.15, 0.2) is 0 Å². The van der Waals surface area contributed by atoms with Gasteiger partial charge < -0.3 is 5.73 Å². The first-order valence-electron chi connectivity index (χ1n) is 2.65. The van der Waals surface area contributed by atoms with Crippen molar-refractivity contribution >= 4 is 29.9 Å². The minimum atomic E-state index is -0.379. The molecule has 0 atom stereocenters. The first kappa shape index (κ1) is 9.42. The van der Waals surface area contributed by atoms with Crippen LogP contribution in [0.15, 0.2) is 30.3 Å². The van der Waals surface area contributed by atoms with E-state index < -0.39 is 0 Å². The molecule has 10 heavy (non-hydrogen) atoms. The van der Waals surface area contributed by atoms with Crippen LogP contribution in [0.5, 0.6) is 0 Å². The van der Waals surface area contributed by atoms with E-state index in [4.69, 9.17) is 5.73 Å². The molecule has 0 fully saturated rings. The Morgan fingerprint density at radius 2 is 1.70 bits per heavy atom. The molecule has 0 saturated heterocycles. The standard InChI is InChI=1S/C7H7NO.HI/c8-7(9)6-4-2-1-3-5-6;/h1-5H,(H2,8,9);1H. The van der Waals surface area contributed by atoms with E-state index in [1.54, 1.807) is 24.3 Å². The first-order chi connectivity index (χ1) is 4.30. The average molecular weight is 249 g/mol. The van der Waals surface area contributed by atoms with Gasteiger partial charge in [-0.05, 0) is 12.1 Å². The molecule has 0 aromatic heterocycles. The summed E-state index contributed by atoms with van der Waals surface area (Å²) in [7, 11) is 0. The molecule has 0 aliphatic carbocycles. The van der Waals surface area contributed by atoms with Crippen molar-refractivity contribution in [2.75, 3.05) is 0 Å². The quantitative estimate of drug-likeness (QED) is 0.751. The summed E-state index contributed by atoms with van der Waals surface area (Å²) in [5.41, 5.74) is 5.53. The Kier molecular flexibility index (Phi) is 4.02. The molecule has 0 unspecified atom stereocenters. The predicted molar refractivity (Wildman–Crippen MR) is 50.4 cm³/mol. The van der Waals surface area contributed by atoms with Crippen LogP contribution in [0.2, 0.25) is 0 Å². The number of benzene rings is 1. The summed E-state index contributed by atoms with van der Waals surface area (Å²) in [6, 6.07) is 8.76. The molecule has 3 heteroatoms. The van der Waals surface area contributed by atoms with Crippen molar-refractivity contribution in [2.45, 2.75) is 0 Å². The average Bonchev–Trinajstić information content (AvgIpc) is 1.90. The number of carbonyl (C=O) groups excluding carboxylic acids is 1. The Morgan fingerprint density at radius 1 is 1.20 bits per heavy atom. The molecule has 1 rings (SSSR count). The van der Waals surface area contributed by atoms with Gasteiger partial charge in [0, 0.05) is 5.56 Å². The summed E-state index contributed by atoms with van der Waals surface area (Å²) in [5.74, 6) is -0.379. The number of halogens is 1. The lowest BCUT2D eigenvalue weighted by Gasteiger charge is -1.89. The minimum Gasteiger partial charge on any atom is -0.366 e. The molecule has 54 valence electrons. The monoisotopic (exact) mass is 249 g/mol. The fourth-order valence-corrected chi connectivity index (χ4v) is 0.602. The number of hydrogen-bond donors (Lipinski definition) is 1. The smallest absolute Gasteiger partial charge is 0.248 e. The van der Waals surface area contributed by atoms with Gasteiger partial charge in [-0.25, -0.2) is 0 Å². The Balaban J connectivity index is 0.000000810. The second-order valence-corrected chi connectivity index (χ2v) is 1.73. The van der Waals surface area contributed by atoms with Crippen LogP contribution in [0.1, 0.15) is 10.4 Å². The van der Waals surface area contributed by atoms with Crippen LogP contribution in [0.25, 0.3) is 0 Å². The van der Waals surface area contributed by atoms with Crippen LogP contribution in [0.4, 0.5) is 0 Å². The molecule has 1 amide bonds. The van der Waals surface area contributed by atoms with Gasteiger partial charge in [0.1, 0.15) is 0 Å². The molecular formula is C7H8INO. The van der Waals surface area contributed by atoms with Crippen molar-refractivity contribution in [3.8, 4) is 0 Å². The molecule has 0 saturated carbocycles. The van der Waals surface area contributed by atoms with Crippen molar-refractivity contribution < 1.29 is 4.79 Å². The molecule has 2 N–H and O–H groups in total. The Bertz CT molecular complexity index is 210. The zero-order valence-electron chi connectivity index (χ0n) is 5.28. The van der Waals surface area contributed by atoms with Gasteiger partial charge in [0.25, 0.3) is 0 Å². The summed E-state index contributed by atoms with van der Waals surface area (Å²) in [6.45, 7) is 0. The van der Waals surface area contributed by atoms with Crippen molar-refractivity contribution in [2.24, 2.45) is 5.73 Å². The number of carbonyl (C=O) groups is 1. The van der Waals surface area contributed by atoms with E-state index in [0.717, 1.165) is 0 Å². The van der Waals surface area contributed by atoms with E-state index in [-0.39, 0.29) is 29.9 Å². The Morgan fingerprint density at radius 3 is 2.00 bits per heavy atom. The topological polar surface area (TPSA) is 43.1 Å². The molecule has 0 radical (unpaired) electrons. The lowest BCUT2D eigenvalue weighted by atomic mass is 10.2. The highest BCUT2D eigenvalue weighted by Crippen LogP contribution is 1.94. The van der Waals surface area contributed by atoms with E-state index >= 15 is 0 Å². The molecule has 0 aliphatic rings. The van der Waals surface area contributed by atoms with Gasteiger partial charge >= 0.3 is 0 Å². The predicted octanol–water partition coefficient (Wildman–Crippen LogP) is 1.40. The first-order valence-corrected chi connectivity index (χ1v) is 2.65. The Labute approximate surface area is 76.4 Å². The summed E-state index contributed by atoms with van der Waals surface area (Å²) in [4.78, 5) is 10.4. The van der Waals surface area contributed by atoms with Crippen LogP contribution in [-0.2, 0) is 0 Å². The number of amides is 1. The minimum absolute atomic E-state index is 0. The largest absolute Gasteiger partial charge is 0.366 e. The highest BCUT2D eigenvalue weighted by Gasteiger charge is 1.93. The molecule has 1 aromatic carbocycles. The number of primary amides is 1. The second-order valence-electron chi connectivity index (χ2n) is 1.73. The third-order valence-electron chi connectivity index (χ3n) is 1.06.